The first-order valence-corrected chi connectivity index (χ1v) is 4.73. The number of rotatable bonds is 5. The molecule has 11 heavy (non-hydrogen) atoms. The van der Waals surface area contributed by atoms with Gasteiger partial charge in [-0.2, -0.15) is 0 Å². The molecule has 0 spiro atoms. The van der Waals surface area contributed by atoms with Crippen LogP contribution in [-0.4, -0.2) is 13.6 Å². The van der Waals surface area contributed by atoms with Crippen LogP contribution in [0.25, 0.3) is 0 Å². The van der Waals surface area contributed by atoms with Gasteiger partial charge in [-0.15, -0.1) is 0 Å². The minimum Gasteiger partial charge on any atom is -0.319 e. The summed E-state index contributed by atoms with van der Waals surface area (Å²) < 4.78 is 0. The lowest BCUT2D eigenvalue weighted by Gasteiger charge is -2.33. The monoisotopic (exact) mass is 157 g/mol. The number of hydrogen-bond acceptors (Lipinski definition) is 1. The molecule has 1 N–H and O–H groups in total. The van der Waals surface area contributed by atoms with E-state index in [0.717, 1.165) is 12.5 Å². The van der Waals surface area contributed by atoms with Crippen molar-refractivity contribution in [2.45, 2.75) is 40.5 Å². The van der Waals surface area contributed by atoms with Gasteiger partial charge in [-0.3, -0.25) is 0 Å². The lowest BCUT2D eigenvalue weighted by molar-refractivity contribution is 0.196. The fourth-order valence-electron chi connectivity index (χ4n) is 1.99. The summed E-state index contributed by atoms with van der Waals surface area (Å²) in [6.07, 6.45) is 2.59. The Morgan fingerprint density at radius 3 is 1.91 bits per heavy atom. The van der Waals surface area contributed by atoms with E-state index in [1.54, 1.807) is 0 Å². The van der Waals surface area contributed by atoms with Gasteiger partial charge in [0.25, 0.3) is 0 Å². The highest BCUT2D eigenvalue weighted by Crippen LogP contribution is 2.30. The van der Waals surface area contributed by atoms with Crippen LogP contribution in [0.4, 0.5) is 0 Å². The van der Waals surface area contributed by atoms with Crippen LogP contribution in [0, 0.1) is 11.3 Å². The SMILES string of the molecule is CCC(CC)C(C)(C)CNC. The van der Waals surface area contributed by atoms with Crippen molar-refractivity contribution < 1.29 is 0 Å². The predicted octanol–water partition coefficient (Wildman–Crippen LogP) is 2.67. The Morgan fingerprint density at radius 1 is 1.18 bits per heavy atom. The third kappa shape index (κ3) is 3.24. The van der Waals surface area contributed by atoms with Gasteiger partial charge < -0.3 is 5.32 Å². The van der Waals surface area contributed by atoms with E-state index in [2.05, 4.69) is 33.0 Å². The van der Waals surface area contributed by atoms with Gasteiger partial charge >= 0.3 is 0 Å². The lowest BCUT2D eigenvalue weighted by atomic mass is 9.76. The molecule has 0 aliphatic rings. The second-order valence-corrected chi connectivity index (χ2v) is 4.03. The summed E-state index contributed by atoms with van der Waals surface area (Å²) in [5.41, 5.74) is 0.457. The van der Waals surface area contributed by atoms with E-state index in [9.17, 15) is 0 Å². The minimum atomic E-state index is 0.457. The van der Waals surface area contributed by atoms with Gasteiger partial charge in [0.15, 0.2) is 0 Å². The molecule has 0 amide bonds. The molecule has 0 aromatic carbocycles. The molecule has 0 bridgehead atoms. The van der Waals surface area contributed by atoms with Gasteiger partial charge in [0.05, 0.1) is 0 Å². The third-order valence-electron chi connectivity index (χ3n) is 2.72. The van der Waals surface area contributed by atoms with Gasteiger partial charge in [-0.1, -0.05) is 40.5 Å². The van der Waals surface area contributed by atoms with Crippen molar-refractivity contribution >= 4 is 0 Å². The van der Waals surface area contributed by atoms with Crippen LogP contribution in [0.15, 0.2) is 0 Å². The number of nitrogens with one attached hydrogen (secondary N) is 1. The van der Waals surface area contributed by atoms with Gasteiger partial charge in [-0.05, 0) is 18.4 Å². The summed E-state index contributed by atoms with van der Waals surface area (Å²) in [6.45, 7) is 10.4. The summed E-state index contributed by atoms with van der Waals surface area (Å²) in [7, 11) is 2.03. The van der Waals surface area contributed by atoms with E-state index in [0.29, 0.717) is 5.41 Å². The van der Waals surface area contributed by atoms with E-state index in [-0.39, 0.29) is 0 Å². The zero-order valence-electron chi connectivity index (χ0n) is 8.70. The minimum absolute atomic E-state index is 0.457. The molecule has 0 aliphatic heterocycles. The highest BCUT2D eigenvalue weighted by Gasteiger charge is 2.25. The summed E-state index contributed by atoms with van der Waals surface area (Å²) in [5.74, 6) is 0.856. The molecular formula is C10H23N. The van der Waals surface area contributed by atoms with Gasteiger partial charge in [-0.25, -0.2) is 0 Å². The maximum absolute atomic E-state index is 3.26. The first kappa shape index (κ1) is 11.0. The lowest BCUT2D eigenvalue weighted by Crippen LogP contribution is -2.33. The molecule has 68 valence electrons. The zero-order valence-corrected chi connectivity index (χ0v) is 8.70. The molecule has 0 unspecified atom stereocenters. The fourth-order valence-corrected chi connectivity index (χ4v) is 1.99. The topological polar surface area (TPSA) is 12.0 Å². The summed E-state index contributed by atoms with van der Waals surface area (Å²) in [6, 6.07) is 0. The quantitative estimate of drug-likeness (QED) is 0.647. The Kier molecular flexibility index (Phi) is 4.74. The third-order valence-corrected chi connectivity index (χ3v) is 2.72. The average molecular weight is 157 g/mol. The molecule has 0 aliphatic carbocycles. The van der Waals surface area contributed by atoms with Crippen LogP contribution in [0.3, 0.4) is 0 Å². The predicted molar refractivity (Wildman–Crippen MR) is 51.8 cm³/mol. The van der Waals surface area contributed by atoms with Crippen molar-refractivity contribution in [3.63, 3.8) is 0 Å². The van der Waals surface area contributed by atoms with Crippen molar-refractivity contribution in [2.75, 3.05) is 13.6 Å². The highest BCUT2D eigenvalue weighted by molar-refractivity contribution is 4.78. The fraction of sp³-hybridized carbons (Fsp3) is 1.00. The van der Waals surface area contributed by atoms with Crippen LogP contribution >= 0.6 is 0 Å². The molecular weight excluding hydrogens is 134 g/mol. The smallest absolute Gasteiger partial charge is 0.000216 e. The van der Waals surface area contributed by atoms with Crippen LogP contribution in [0.2, 0.25) is 0 Å². The molecule has 0 aromatic rings. The first-order chi connectivity index (χ1) is 5.08. The molecule has 0 saturated carbocycles. The van der Waals surface area contributed by atoms with Gasteiger partial charge in [0, 0.05) is 6.54 Å². The van der Waals surface area contributed by atoms with Crippen molar-refractivity contribution in [1.29, 1.82) is 0 Å². The van der Waals surface area contributed by atoms with Crippen LogP contribution in [0.5, 0.6) is 0 Å². The van der Waals surface area contributed by atoms with Crippen molar-refractivity contribution in [1.82, 2.24) is 5.32 Å². The first-order valence-electron chi connectivity index (χ1n) is 4.73. The molecule has 1 nitrogen and oxygen atoms in total. The van der Waals surface area contributed by atoms with E-state index < -0.39 is 0 Å². The normalized spacial score (nSPS) is 12.5. The summed E-state index contributed by atoms with van der Waals surface area (Å²) >= 11 is 0. The van der Waals surface area contributed by atoms with Crippen LogP contribution in [0.1, 0.15) is 40.5 Å². The van der Waals surface area contributed by atoms with Crippen LogP contribution in [-0.2, 0) is 0 Å². The molecule has 0 radical (unpaired) electrons. The van der Waals surface area contributed by atoms with E-state index in [1.165, 1.54) is 12.8 Å². The van der Waals surface area contributed by atoms with Crippen molar-refractivity contribution in [3.05, 3.63) is 0 Å². The molecule has 0 fully saturated rings. The Labute approximate surface area is 71.6 Å². The maximum Gasteiger partial charge on any atom is 0.000216 e. The van der Waals surface area contributed by atoms with Gasteiger partial charge in [0.2, 0.25) is 0 Å². The molecule has 0 aromatic heterocycles. The Balaban J connectivity index is 4.00. The Bertz CT molecular complexity index is 93.0. The van der Waals surface area contributed by atoms with Crippen molar-refractivity contribution in [3.8, 4) is 0 Å². The summed E-state index contributed by atoms with van der Waals surface area (Å²) in [5, 5.41) is 3.26. The molecule has 1 heteroatoms. The largest absolute Gasteiger partial charge is 0.319 e. The molecule has 0 heterocycles. The van der Waals surface area contributed by atoms with E-state index in [4.69, 9.17) is 0 Å². The Hall–Kier alpha value is -0.0400. The second kappa shape index (κ2) is 4.76. The van der Waals surface area contributed by atoms with Gasteiger partial charge in [0.1, 0.15) is 0 Å². The van der Waals surface area contributed by atoms with Crippen molar-refractivity contribution in [2.24, 2.45) is 11.3 Å². The van der Waals surface area contributed by atoms with E-state index >= 15 is 0 Å². The maximum atomic E-state index is 3.26. The molecule has 0 rings (SSSR count). The summed E-state index contributed by atoms with van der Waals surface area (Å²) in [4.78, 5) is 0. The zero-order chi connectivity index (χ0) is 8.91. The number of hydrogen-bond donors (Lipinski definition) is 1. The average Bonchev–Trinajstić information content (AvgIpc) is 1.89. The Morgan fingerprint density at radius 2 is 1.64 bits per heavy atom. The molecule has 0 saturated heterocycles. The van der Waals surface area contributed by atoms with E-state index in [1.807, 2.05) is 7.05 Å². The second-order valence-electron chi connectivity index (χ2n) is 4.03. The molecule has 0 atom stereocenters. The highest BCUT2D eigenvalue weighted by atomic mass is 14.8. The standard InChI is InChI=1S/C10H23N/c1-6-9(7-2)10(3,4)8-11-5/h9,11H,6-8H2,1-5H3. The van der Waals surface area contributed by atoms with Crippen LogP contribution < -0.4 is 5.32 Å².